The summed E-state index contributed by atoms with van der Waals surface area (Å²) in [6.45, 7) is 4.24. The van der Waals surface area contributed by atoms with Gasteiger partial charge in [0.05, 0.1) is 32.0 Å². The topological polar surface area (TPSA) is 175 Å². The number of esters is 1. The molecular weight excluding hydrogens is 1110 g/mol. The standard InChI is InChI=1S/C78H143NO10/c1-3-5-7-9-11-13-15-16-43-46-50-54-58-62-66-74(83)87-67-63-59-55-51-47-44-41-39-37-35-33-31-29-27-25-23-21-19-17-18-20-22-24-26-28-30-32-34-36-38-40-42-45-49-53-57-61-65-73(82)79-70(69-88-78-77(86)76(85)75(84)72(68-80)89-78)71(81)64-60-56-52-48-14-12-10-8-6-4-2/h6,8,14,17,19,23,25,48,60,64,70-72,75-78,80-81,84-86H,3-5,7,9-13,15-16,18,20-22,24,26-47,49-59,61-63,65-69H2,1-2H3,(H,79,82)/b8-6+,19-17-,25-23-,48-14+,64-60+. The van der Waals surface area contributed by atoms with Crippen LogP contribution in [0.25, 0.3) is 0 Å². The van der Waals surface area contributed by atoms with E-state index >= 15 is 0 Å². The fourth-order valence-electron chi connectivity index (χ4n) is 11.9. The van der Waals surface area contributed by atoms with Gasteiger partial charge < -0.3 is 45.1 Å². The molecule has 1 amide bonds. The number of allylic oxidation sites excluding steroid dienone is 9. The van der Waals surface area contributed by atoms with Crippen molar-refractivity contribution in [2.24, 2.45) is 0 Å². The summed E-state index contributed by atoms with van der Waals surface area (Å²) in [5.74, 6) is -0.181. The van der Waals surface area contributed by atoms with Crippen molar-refractivity contribution >= 4 is 11.9 Å². The summed E-state index contributed by atoms with van der Waals surface area (Å²) in [4.78, 5) is 25.1. The zero-order valence-electron chi connectivity index (χ0n) is 57.9. The summed E-state index contributed by atoms with van der Waals surface area (Å²) < 4.78 is 16.7. The average Bonchev–Trinajstić information content (AvgIpc) is 3.11. The molecule has 11 nitrogen and oxygen atoms in total. The Kier molecular flexibility index (Phi) is 63.3. The summed E-state index contributed by atoms with van der Waals surface area (Å²) in [5, 5.41) is 54.3. The minimum atomic E-state index is -1.58. The van der Waals surface area contributed by atoms with Gasteiger partial charge in [0.25, 0.3) is 0 Å². The number of aliphatic hydroxyl groups is 5. The molecule has 7 unspecified atom stereocenters. The molecule has 0 bridgehead atoms. The first kappa shape index (κ1) is 84.4. The summed E-state index contributed by atoms with van der Waals surface area (Å²) >= 11 is 0. The number of aliphatic hydroxyl groups excluding tert-OH is 5. The SMILES string of the molecule is CC/C=C/CC/C=C/CC/C=C/C(O)C(COC1OC(CO)C(O)C(O)C1O)NC(=O)CCCCCCCCCCCCCCCCCCC/C=C\C/C=C\CCCCCCCCCCCCCCCOC(=O)CCCCCCCCCCCCCCCC. The molecule has 520 valence electrons. The highest BCUT2D eigenvalue weighted by Crippen LogP contribution is 2.23. The number of unbranched alkanes of at least 4 members (excludes halogenated alkanes) is 45. The third kappa shape index (κ3) is 55.5. The quantitative estimate of drug-likeness (QED) is 0.0195. The third-order valence-electron chi connectivity index (χ3n) is 17.8. The van der Waals surface area contributed by atoms with Crippen LogP contribution in [0.4, 0.5) is 0 Å². The van der Waals surface area contributed by atoms with Crippen LogP contribution in [0.2, 0.25) is 0 Å². The van der Waals surface area contributed by atoms with Crippen LogP contribution in [0.1, 0.15) is 361 Å². The second kappa shape index (κ2) is 66.8. The molecule has 0 saturated carbocycles. The molecule has 1 aliphatic heterocycles. The van der Waals surface area contributed by atoms with Gasteiger partial charge in [0.2, 0.25) is 5.91 Å². The smallest absolute Gasteiger partial charge is 0.305 e. The van der Waals surface area contributed by atoms with Gasteiger partial charge in [-0.15, -0.1) is 0 Å². The number of carbonyl (C=O) groups excluding carboxylic acids is 2. The van der Waals surface area contributed by atoms with E-state index in [1.807, 2.05) is 6.08 Å². The zero-order valence-corrected chi connectivity index (χ0v) is 57.9. The molecular formula is C78H143NO10. The van der Waals surface area contributed by atoms with Crippen LogP contribution in [-0.4, -0.2) is 100 Å². The van der Waals surface area contributed by atoms with Gasteiger partial charge in [0.1, 0.15) is 24.4 Å². The van der Waals surface area contributed by atoms with Crippen molar-refractivity contribution in [1.82, 2.24) is 5.32 Å². The van der Waals surface area contributed by atoms with E-state index in [4.69, 9.17) is 14.2 Å². The Morgan fingerprint density at radius 1 is 0.427 bits per heavy atom. The maximum absolute atomic E-state index is 13.0. The molecule has 7 atom stereocenters. The predicted octanol–water partition coefficient (Wildman–Crippen LogP) is 20.1. The van der Waals surface area contributed by atoms with Crippen LogP contribution in [-0.2, 0) is 23.8 Å². The van der Waals surface area contributed by atoms with Crippen molar-refractivity contribution < 1.29 is 49.3 Å². The van der Waals surface area contributed by atoms with Crippen molar-refractivity contribution in [2.45, 2.75) is 403 Å². The van der Waals surface area contributed by atoms with Gasteiger partial charge in [-0.3, -0.25) is 9.59 Å². The van der Waals surface area contributed by atoms with E-state index < -0.39 is 49.5 Å². The Bertz CT molecular complexity index is 1660. The number of amides is 1. The minimum absolute atomic E-state index is 0.0146. The molecule has 0 aromatic carbocycles. The van der Waals surface area contributed by atoms with Crippen molar-refractivity contribution in [3.63, 3.8) is 0 Å². The molecule has 1 aliphatic rings. The van der Waals surface area contributed by atoms with E-state index in [0.29, 0.717) is 19.4 Å². The lowest BCUT2D eigenvalue weighted by Crippen LogP contribution is -2.60. The average molecular weight is 1250 g/mol. The van der Waals surface area contributed by atoms with E-state index in [1.165, 1.54) is 263 Å². The lowest BCUT2D eigenvalue weighted by molar-refractivity contribution is -0.302. The van der Waals surface area contributed by atoms with E-state index in [0.717, 1.165) is 70.6 Å². The molecule has 11 heteroatoms. The first-order valence-electron chi connectivity index (χ1n) is 38.1. The van der Waals surface area contributed by atoms with E-state index in [9.17, 15) is 35.1 Å². The highest BCUT2D eigenvalue weighted by atomic mass is 16.7. The summed E-state index contributed by atoms with van der Waals surface area (Å²) in [5.41, 5.74) is 0. The molecule has 0 radical (unpaired) electrons. The molecule has 1 saturated heterocycles. The highest BCUT2D eigenvalue weighted by Gasteiger charge is 2.44. The maximum atomic E-state index is 13.0. The van der Waals surface area contributed by atoms with Crippen molar-refractivity contribution in [1.29, 1.82) is 0 Å². The summed E-state index contributed by atoms with van der Waals surface area (Å²) in [6, 6.07) is -0.832. The van der Waals surface area contributed by atoms with Gasteiger partial charge in [-0.2, -0.15) is 0 Å². The number of hydrogen-bond donors (Lipinski definition) is 6. The van der Waals surface area contributed by atoms with Crippen molar-refractivity contribution in [2.75, 3.05) is 19.8 Å². The summed E-state index contributed by atoms with van der Waals surface area (Å²) in [6.07, 6.45) is 79.8. The predicted molar refractivity (Wildman–Crippen MR) is 375 cm³/mol. The fraction of sp³-hybridized carbons (Fsp3) is 0.846. The molecule has 0 aromatic heterocycles. The van der Waals surface area contributed by atoms with Gasteiger partial charge in [-0.1, -0.05) is 325 Å². The Morgan fingerprint density at radius 2 is 0.798 bits per heavy atom. The number of nitrogens with one attached hydrogen (secondary N) is 1. The molecule has 6 N–H and O–H groups in total. The fourth-order valence-corrected chi connectivity index (χ4v) is 11.9. The Morgan fingerprint density at radius 3 is 1.22 bits per heavy atom. The molecule has 0 aliphatic carbocycles. The zero-order chi connectivity index (χ0) is 64.4. The molecule has 1 rings (SSSR count). The van der Waals surface area contributed by atoms with Crippen molar-refractivity contribution in [3.05, 3.63) is 60.8 Å². The van der Waals surface area contributed by atoms with Crippen molar-refractivity contribution in [3.8, 4) is 0 Å². The van der Waals surface area contributed by atoms with E-state index in [1.54, 1.807) is 6.08 Å². The lowest BCUT2D eigenvalue weighted by Gasteiger charge is -2.40. The normalized spacial score (nSPS) is 18.0. The number of ether oxygens (including phenoxy) is 3. The van der Waals surface area contributed by atoms with Crippen LogP contribution >= 0.6 is 0 Å². The third-order valence-corrected chi connectivity index (χ3v) is 17.8. The van der Waals surface area contributed by atoms with E-state index in [2.05, 4.69) is 67.8 Å². The van der Waals surface area contributed by atoms with Gasteiger partial charge in [-0.05, 0) is 83.5 Å². The second-order valence-corrected chi connectivity index (χ2v) is 26.3. The molecule has 0 aromatic rings. The van der Waals surface area contributed by atoms with Crippen LogP contribution in [0.15, 0.2) is 60.8 Å². The first-order chi connectivity index (χ1) is 43.7. The minimum Gasteiger partial charge on any atom is -0.466 e. The van der Waals surface area contributed by atoms with Gasteiger partial charge in [0.15, 0.2) is 6.29 Å². The van der Waals surface area contributed by atoms with Gasteiger partial charge in [0, 0.05) is 12.8 Å². The van der Waals surface area contributed by atoms with Gasteiger partial charge in [-0.25, -0.2) is 0 Å². The van der Waals surface area contributed by atoms with Crippen LogP contribution in [0.3, 0.4) is 0 Å². The second-order valence-electron chi connectivity index (χ2n) is 26.3. The van der Waals surface area contributed by atoms with Crippen LogP contribution in [0.5, 0.6) is 0 Å². The van der Waals surface area contributed by atoms with Gasteiger partial charge >= 0.3 is 5.97 Å². The first-order valence-corrected chi connectivity index (χ1v) is 38.1. The lowest BCUT2D eigenvalue weighted by atomic mass is 9.99. The maximum Gasteiger partial charge on any atom is 0.305 e. The van der Waals surface area contributed by atoms with Crippen LogP contribution < -0.4 is 5.32 Å². The Labute approximate surface area is 548 Å². The largest absolute Gasteiger partial charge is 0.466 e. The molecule has 1 heterocycles. The summed E-state index contributed by atoms with van der Waals surface area (Å²) in [7, 11) is 0. The number of hydrogen-bond acceptors (Lipinski definition) is 10. The molecule has 1 fully saturated rings. The Balaban J connectivity index is 1.89. The number of rotatable bonds is 67. The van der Waals surface area contributed by atoms with E-state index in [-0.39, 0.29) is 18.5 Å². The molecule has 89 heavy (non-hydrogen) atoms. The Hall–Kier alpha value is -2.64. The van der Waals surface area contributed by atoms with Crippen LogP contribution in [0, 0.1) is 0 Å². The monoisotopic (exact) mass is 1250 g/mol. The highest BCUT2D eigenvalue weighted by molar-refractivity contribution is 5.76. The molecule has 0 spiro atoms. The number of carbonyl (C=O) groups is 2.